The highest BCUT2D eigenvalue weighted by Gasteiger charge is 2.04. The largest absolute Gasteiger partial charge is 0.399 e. The lowest BCUT2D eigenvalue weighted by Crippen LogP contribution is -2.07. The Hall–Kier alpha value is -1.28. The second-order valence-corrected chi connectivity index (χ2v) is 2.98. The first-order chi connectivity index (χ1) is 5.86. The van der Waals surface area contributed by atoms with Crippen LogP contribution >= 0.6 is 0 Å². The molecule has 62 valence electrons. The van der Waals surface area contributed by atoms with Crippen LogP contribution in [0.25, 0.3) is 5.57 Å². The third kappa shape index (κ3) is 1.34. The zero-order valence-electron chi connectivity index (χ0n) is 6.88. The maximum atomic E-state index is 5.59. The van der Waals surface area contributed by atoms with Gasteiger partial charge in [-0.25, -0.2) is 0 Å². The smallest absolute Gasteiger partial charge is 0.0314 e. The molecule has 2 nitrogen and oxygen atoms in total. The van der Waals surface area contributed by atoms with Gasteiger partial charge in [0.25, 0.3) is 0 Å². The molecule has 0 amide bonds. The van der Waals surface area contributed by atoms with E-state index in [4.69, 9.17) is 5.73 Å². The van der Waals surface area contributed by atoms with E-state index in [1.807, 2.05) is 12.1 Å². The predicted octanol–water partition coefficient (Wildman–Crippen LogP) is 1.26. The van der Waals surface area contributed by atoms with Crippen LogP contribution in [0.5, 0.6) is 0 Å². The lowest BCUT2D eigenvalue weighted by atomic mass is 10.1. The van der Waals surface area contributed by atoms with Crippen LogP contribution in [0.15, 0.2) is 30.3 Å². The number of hydrogen-bond donors (Lipinski definition) is 2. The van der Waals surface area contributed by atoms with E-state index in [0.717, 1.165) is 18.8 Å². The average Bonchev–Trinajstić information content (AvgIpc) is 2.58. The van der Waals surface area contributed by atoms with Crippen LogP contribution in [0, 0.1) is 0 Å². The van der Waals surface area contributed by atoms with Gasteiger partial charge in [0.1, 0.15) is 0 Å². The molecule has 0 unspecified atom stereocenters. The van der Waals surface area contributed by atoms with Crippen LogP contribution in [-0.2, 0) is 0 Å². The van der Waals surface area contributed by atoms with E-state index < -0.39 is 0 Å². The molecule has 1 aromatic rings. The average molecular weight is 160 g/mol. The Morgan fingerprint density at radius 3 is 2.50 bits per heavy atom. The topological polar surface area (TPSA) is 38.0 Å². The summed E-state index contributed by atoms with van der Waals surface area (Å²) in [5.74, 6) is 0. The molecule has 0 radical (unpaired) electrons. The van der Waals surface area contributed by atoms with Gasteiger partial charge in [0.2, 0.25) is 0 Å². The van der Waals surface area contributed by atoms with E-state index in [9.17, 15) is 0 Å². The monoisotopic (exact) mass is 160 g/mol. The van der Waals surface area contributed by atoms with Crippen molar-refractivity contribution in [2.45, 2.75) is 0 Å². The maximum absolute atomic E-state index is 5.59. The van der Waals surface area contributed by atoms with Gasteiger partial charge < -0.3 is 11.1 Å². The molecular formula is C10H12N2. The number of nitrogens with two attached hydrogens (primary N) is 1. The Bertz CT molecular complexity index is 298. The quantitative estimate of drug-likeness (QED) is 0.607. The molecule has 1 aliphatic rings. The third-order valence-electron chi connectivity index (χ3n) is 2.09. The molecule has 12 heavy (non-hydrogen) atoms. The van der Waals surface area contributed by atoms with Gasteiger partial charge in [-0.2, -0.15) is 0 Å². The predicted molar refractivity (Wildman–Crippen MR) is 51.7 cm³/mol. The molecular weight excluding hydrogens is 148 g/mol. The summed E-state index contributed by atoms with van der Waals surface area (Å²) in [4.78, 5) is 0. The van der Waals surface area contributed by atoms with Crippen LogP contribution in [0.3, 0.4) is 0 Å². The summed E-state index contributed by atoms with van der Waals surface area (Å²) in [6.45, 7) is 1.96. The number of anilines is 1. The summed E-state index contributed by atoms with van der Waals surface area (Å²) in [5, 5.41) is 3.26. The zero-order chi connectivity index (χ0) is 8.39. The number of hydrogen-bond acceptors (Lipinski definition) is 2. The van der Waals surface area contributed by atoms with Gasteiger partial charge in [-0.1, -0.05) is 18.2 Å². The summed E-state index contributed by atoms with van der Waals surface area (Å²) >= 11 is 0. The van der Waals surface area contributed by atoms with E-state index in [2.05, 4.69) is 23.5 Å². The molecule has 2 heteroatoms. The van der Waals surface area contributed by atoms with Gasteiger partial charge >= 0.3 is 0 Å². The molecule has 0 atom stereocenters. The highest BCUT2D eigenvalue weighted by molar-refractivity contribution is 5.69. The van der Waals surface area contributed by atoms with Crippen molar-refractivity contribution < 1.29 is 0 Å². The third-order valence-corrected chi connectivity index (χ3v) is 2.09. The van der Waals surface area contributed by atoms with Crippen molar-refractivity contribution >= 4 is 11.3 Å². The van der Waals surface area contributed by atoms with E-state index in [0.29, 0.717) is 0 Å². The minimum absolute atomic E-state index is 0.824. The Labute approximate surface area is 72.1 Å². The van der Waals surface area contributed by atoms with Crippen molar-refractivity contribution in [3.63, 3.8) is 0 Å². The molecule has 0 saturated heterocycles. The fourth-order valence-electron chi connectivity index (χ4n) is 1.39. The van der Waals surface area contributed by atoms with Crippen molar-refractivity contribution in [1.82, 2.24) is 5.32 Å². The van der Waals surface area contributed by atoms with Crippen molar-refractivity contribution in [3.8, 4) is 0 Å². The van der Waals surface area contributed by atoms with E-state index >= 15 is 0 Å². The fourth-order valence-corrected chi connectivity index (χ4v) is 1.39. The number of nitrogens with one attached hydrogen (secondary N) is 1. The number of nitrogen functional groups attached to an aromatic ring is 1. The van der Waals surface area contributed by atoms with Gasteiger partial charge in [-0.15, -0.1) is 0 Å². The van der Waals surface area contributed by atoms with E-state index in [1.165, 1.54) is 11.1 Å². The normalized spacial score (nSPS) is 16.2. The van der Waals surface area contributed by atoms with Crippen molar-refractivity contribution in [2.75, 3.05) is 18.8 Å². The Balaban J connectivity index is 2.28. The van der Waals surface area contributed by atoms with E-state index in [-0.39, 0.29) is 0 Å². The summed E-state index contributed by atoms with van der Waals surface area (Å²) < 4.78 is 0. The summed E-state index contributed by atoms with van der Waals surface area (Å²) in [7, 11) is 0. The van der Waals surface area contributed by atoms with Crippen molar-refractivity contribution in [3.05, 3.63) is 35.9 Å². The van der Waals surface area contributed by atoms with Gasteiger partial charge in [0.05, 0.1) is 0 Å². The van der Waals surface area contributed by atoms with Gasteiger partial charge in [0, 0.05) is 18.8 Å². The molecule has 0 fully saturated rings. The molecule has 3 N–H and O–H groups in total. The highest BCUT2D eigenvalue weighted by atomic mass is 14.9. The lowest BCUT2D eigenvalue weighted by molar-refractivity contribution is 0.897. The minimum atomic E-state index is 0.824. The molecule has 0 bridgehead atoms. The Morgan fingerprint density at radius 1 is 1.17 bits per heavy atom. The second kappa shape index (κ2) is 2.99. The van der Waals surface area contributed by atoms with E-state index in [1.54, 1.807) is 0 Å². The zero-order valence-corrected chi connectivity index (χ0v) is 6.88. The van der Waals surface area contributed by atoms with Gasteiger partial charge in [-0.3, -0.25) is 0 Å². The molecule has 0 aromatic heterocycles. The SMILES string of the molecule is Nc1ccc(C2=CCNC2)cc1. The van der Waals surface area contributed by atoms with Crippen LogP contribution < -0.4 is 11.1 Å². The summed E-state index contributed by atoms with van der Waals surface area (Å²) in [5.41, 5.74) is 9.06. The van der Waals surface area contributed by atoms with Crippen LogP contribution in [-0.4, -0.2) is 13.1 Å². The number of rotatable bonds is 1. The first-order valence-electron chi connectivity index (χ1n) is 4.12. The Kier molecular flexibility index (Phi) is 1.84. The second-order valence-electron chi connectivity index (χ2n) is 2.98. The first kappa shape index (κ1) is 7.37. The molecule has 1 heterocycles. The van der Waals surface area contributed by atoms with Crippen LogP contribution in [0.2, 0.25) is 0 Å². The fraction of sp³-hybridized carbons (Fsp3) is 0.200. The molecule has 1 aliphatic heterocycles. The lowest BCUT2D eigenvalue weighted by Gasteiger charge is -2.01. The van der Waals surface area contributed by atoms with Gasteiger partial charge in [0.15, 0.2) is 0 Å². The molecule has 2 rings (SSSR count). The first-order valence-corrected chi connectivity index (χ1v) is 4.12. The summed E-state index contributed by atoms with van der Waals surface area (Å²) in [6, 6.07) is 8.01. The van der Waals surface area contributed by atoms with Crippen LogP contribution in [0.1, 0.15) is 5.56 Å². The van der Waals surface area contributed by atoms with Crippen molar-refractivity contribution in [1.29, 1.82) is 0 Å². The standard InChI is InChI=1S/C10H12N2/c11-10-3-1-8(2-4-10)9-5-6-12-7-9/h1-5,12H,6-7,11H2. The molecule has 0 spiro atoms. The van der Waals surface area contributed by atoms with Gasteiger partial charge in [-0.05, 0) is 23.3 Å². The number of benzene rings is 1. The molecule has 0 aliphatic carbocycles. The Morgan fingerprint density at radius 2 is 1.92 bits per heavy atom. The van der Waals surface area contributed by atoms with Crippen LogP contribution in [0.4, 0.5) is 5.69 Å². The summed E-state index contributed by atoms with van der Waals surface area (Å²) in [6.07, 6.45) is 2.21. The molecule has 0 saturated carbocycles. The highest BCUT2D eigenvalue weighted by Crippen LogP contribution is 2.17. The molecule has 1 aromatic carbocycles. The minimum Gasteiger partial charge on any atom is -0.399 e. The maximum Gasteiger partial charge on any atom is 0.0314 e. The van der Waals surface area contributed by atoms with Crippen molar-refractivity contribution in [2.24, 2.45) is 0 Å².